The highest BCUT2D eigenvalue weighted by Crippen LogP contribution is 2.41. The first-order chi connectivity index (χ1) is 17.7. The van der Waals surface area contributed by atoms with E-state index >= 15 is 0 Å². The number of amides is 1. The van der Waals surface area contributed by atoms with E-state index in [2.05, 4.69) is 0 Å². The van der Waals surface area contributed by atoms with Crippen LogP contribution in [-0.4, -0.2) is 40.4 Å². The second-order valence-corrected chi connectivity index (χ2v) is 10.6. The Balaban J connectivity index is 2.41. The summed E-state index contributed by atoms with van der Waals surface area (Å²) in [4.78, 5) is 12.4. The Morgan fingerprint density at radius 1 is 1.00 bits per heavy atom. The summed E-state index contributed by atoms with van der Waals surface area (Å²) in [5, 5.41) is 1.57. The third-order valence-electron chi connectivity index (χ3n) is 4.89. The van der Waals surface area contributed by atoms with Crippen LogP contribution in [-0.2, 0) is 17.4 Å². The molecule has 0 aliphatic heterocycles. The van der Waals surface area contributed by atoms with Gasteiger partial charge in [-0.05, 0) is 60.1 Å². The van der Waals surface area contributed by atoms with Gasteiger partial charge in [0.25, 0.3) is 5.91 Å². The van der Waals surface area contributed by atoms with Gasteiger partial charge in [-0.15, -0.1) is 0 Å². The molecule has 0 fully saturated rings. The summed E-state index contributed by atoms with van der Waals surface area (Å²) < 4.78 is 146. The molecule has 0 heterocycles. The second kappa shape index (κ2) is 12.6. The zero-order valence-corrected chi connectivity index (χ0v) is 21.7. The summed E-state index contributed by atoms with van der Waals surface area (Å²) in [6, 6.07) is 2.81. The largest absolute Gasteiger partial charge is 0.616 e. The first kappa shape index (κ1) is 33.0. The monoisotopic (exact) mass is 631 g/mol. The van der Waals surface area contributed by atoms with E-state index in [4.69, 9.17) is 23.2 Å². The quantitative estimate of drug-likeness (QED) is 0.236. The van der Waals surface area contributed by atoms with Crippen molar-refractivity contribution in [3.8, 4) is 0 Å². The Morgan fingerprint density at radius 2 is 1.56 bits per heavy atom. The van der Waals surface area contributed by atoms with Crippen LogP contribution in [0.15, 0.2) is 42.5 Å². The minimum absolute atomic E-state index is 0.0231. The Morgan fingerprint density at radius 3 is 2.05 bits per heavy atom. The fraction of sp³-hybridized carbons (Fsp3) is 0.348. The molecule has 0 spiro atoms. The molecule has 2 rings (SSSR count). The Kier molecular flexibility index (Phi) is 10.6. The SMILES string of the molecule is C[C@H](C[S+]([O-])CC(F)(F)F)NC(=O)c1ccc(/C(F)=C/C(c2cc(Cl)cc(Cl)c2)C(F)(F)F)cc1C(F)(F)F. The van der Waals surface area contributed by atoms with E-state index in [1.165, 1.54) is 0 Å². The lowest BCUT2D eigenvalue weighted by atomic mass is 9.95. The highest BCUT2D eigenvalue weighted by Gasteiger charge is 2.41. The Bertz CT molecular complexity index is 1190. The molecular formula is C23H17Cl2F10NO2S. The summed E-state index contributed by atoms with van der Waals surface area (Å²) in [5.41, 5.74) is -4.33. The maximum atomic E-state index is 14.9. The zero-order chi connectivity index (χ0) is 29.9. The molecule has 0 aromatic heterocycles. The van der Waals surface area contributed by atoms with E-state index in [-0.39, 0.29) is 22.2 Å². The molecule has 0 saturated heterocycles. The van der Waals surface area contributed by atoms with Crippen molar-refractivity contribution in [3.05, 3.63) is 74.8 Å². The number of benzene rings is 2. The Hall–Kier alpha value is -2.16. The molecule has 3 atom stereocenters. The molecule has 0 aliphatic carbocycles. The van der Waals surface area contributed by atoms with Gasteiger partial charge in [0.1, 0.15) is 17.5 Å². The van der Waals surface area contributed by atoms with Gasteiger partial charge < -0.3 is 9.87 Å². The third kappa shape index (κ3) is 10.1. The molecular weight excluding hydrogens is 615 g/mol. The van der Waals surface area contributed by atoms with Crippen LogP contribution in [0.25, 0.3) is 5.83 Å². The molecule has 0 saturated carbocycles. The molecule has 216 valence electrons. The Labute approximate surface area is 228 Å². The third-order valence-corrected chi connectivity index (χ3v) is 6.85. The lowest BCUT2D eigenvalue weighted by Gasteiger charge is -2.20. The lowest BCUT2D eigenvalue weighted by Crippen LogP contribution is -2.40. The van der Waals surface area contributed by atoms with Crippen LogP contribution < -0.4 is 5.32 Å². The van der Waals surface area contributed by atoms with Crippen LogP contribution in [0, 0.1) is 0 Å². The van der Waals surface area contributed by atoms with Gasteiger partial charge in [0.15, 0.2) is 0 Å². The summed E-state index contributed by atoms with van der Waals surface area (Å²) >= 11 is 8.94. The van der Waals surface area contributed by atoms with Crippen molar-refractivity contribution in [2.45, 2.75) is 37.4 Å². The molecule has 0 radical (unpaired) electrons. The topological polar surface area (TPSA) is 52.2 Å². The number of hydrogen-bond donors (Lipinski definition) is 1. The maximum Gasteiger partial charge on any atom is 0.433 e. The van der Waals surface area contributed by atoms with Gasteiger partial charge in [-0.3, -0.25) is 4.79 Å². The zero-order valence-electron chi connectivity index (χ0n) is 19.4. The highest BCUT2D eigenvalue weighted by molar-refractivity contribution is 7.91. The van der Waals surface area contributed by atoms with Crippen LogP contribution in [0.1, 0.15) is 39.9 Å². The summed E-state index contributed by atoms with van der Waals surface area (Å²) in [7, 11) is 0. The normalized spacial score (nSPS) is 15.6. The van der Waals surface area contributed by atoms with E-state index in [0.29, 0.717) is 12.1 Å². The highest BCUT2D eigenvalue weighted by atomic mass is 35.5. The molecule has 2 aromatic carbocycles. The molecule has 2 aromatic rings. The van der Waals surface area contributed by atoms with Crippen molar-refractivity contribution < 1.29 is 53.3 Å². The molecule has 2 unspecified atom stereocenters. The number of alkyl halides is 9. The standard InChI is InChI=1S/C23H17Cl2F10NO2S/c1-11(9-39(38)10-21(27,28)29)36-20(37)16-3-2-12(6-18(16)23(33,34)35)19(26)8-17(22(30,31)32)13-4-14(24)7-15(25)5-13/h2-8,11,17H,9-10H2,1H3,(H,36,37)/b19-8-/t11-,17?,39?/m1/s1. The number of hydrogen-bond acceptors (Lipinski definition) is 2. The van der Waals surface area contributed by atoms with Crippen molar-refractivity contribution in [3.63, 3.8) is 0 Å². The molecule has 1 amide bonds. The van der Waals surface area contributed by atoms with E-state index in [0.717, 1.165) is 25.1 Å². The fourth-order valence-electron chi connectivity index (χ4n) is 3.37. The van der Waals surface area contributed by atoms with Crippen LogP contribution in [0.3, 0.4) is 0 Å². The molecule has 39 heavy (non-hydrogen) atoms. The maximum absolute atomic E-state index is 14.9. The van der Waals surface area contributed by atoms with Gasteiger partial charge in [-0.1, -0.05) is 29.3 Å². The van der Waals surface area contributed by atoms with Crippen LogP contribution in [0.2, 0.25) is 10.0 Å². The second-order valence-electron chi connectivity index (χ2n) is 8.24. The summed E-state index contributed by atoms with van der Waals surface area (Å²) in [6.07, 6.45) is -15.1. The van der Waals surface area contributed by atoms with Gasteiger partial charge in [-0.2, -0.15) is 39.5 Å². The van der Waals surface area contributed by atoms with Gasteiger partial charge in [0.2, 0.25) is 5.75 Å². The van der Waals surface area contributed by atoms with Crippen molar-refractivity contribution in [2.24, 2.45) is 0 Å². The number of carbonyl (C=O) groups is 1. The van der Waals surface area contributed by atoms with Crippen molar-refractivity contribution in [1.29, 1.82) is 0 Å². The summed E-state index contributed by atoms with van der Waals surface area (Å²) in [5.74, 6) is -8.21. The number of allylic oxidation sites excluding steroid dienone is 1. The van der Waals surface area contributed by atoms with Crippen molar-refractivity contribution >= 4 is 46.1 Å². The molecule has 1 N–H and O–H groups in total. The van der Waals surface area contributed by atoms with Crippen LogP contribution in [0.5, 0.6) is 0 Å². The van der Waals surface area contributed by atoms with Crippen molar-refractivity contribution in [1.82, 2.24) is 5.32 Å². The molecule has 16 heteroatoms. The number of nitrogens with one attached hydrogen (secondary N) is 1. The number of rotatable bonds is 8. The van der Waals surface area contributed by atoms with Gasteiger partial charge in [0.05, 0.1) is 17.2 Å². The van der Waals surface area contributed by atoms with Gasteiger partial charge >= 0.3 is 18.5 Å². The van der Waals surface area contributed by atoms with Crippen LogP contribution in [0.4, 0.5) is 43.9 Å². The van der Waals surface area contributed by atoms with Gasteiger partial charge in [0, 0.05) is 15.6 Å². The van der Waals surface area contributed by atoms with E-state index in [1.807, 2.05) is 5.32 Å². The van der Waals surface area contributed by atoms with Crippen LogP contribution >= 0.6 is 23.2 Å². The number of halogens is 12. The van der Waals surface area contributed by atoms with Gasteiger partial charge in [-0.25, -0.2) is 4.39 Å². The van der Waals surface area contributed by atoms with E-state index < -0.39 is 87.2 Å². The minimum atomic E-state index is -5.28. The minimum Gasteiger partial charge on any atom is -0.616 e. The fourth-order valence-corrected chi connectivity index (χ4v) is 5.03. The van der Waals surface area contributed by atoms with E-state index in [9.17, 15) is 53.3 Å². The molecule has 3 nitrogen and oxygen atoms in total. The molecule has 0 bridgehead atoms. The smallest absolute Gasteiger partial charge is 0.433 e. The predicted molar refractivity (Wildman–Crippen MR) is 127 cm³/mol. The first-order valence-corrected chi connectivity index (χ1v) is 12.8. The summed E-state index contributed by atoms with van der Waals surface area (Å²) in [6.45, 7) is 1.11. The van der Waals surface area contributed by atoms with Crippen molar-refractivity contribution in [2.75, 3.05) is 11.5 Å². The predicted octanol–water partition coefficient (Wildman–Crippen LogP) is 8.10. The average Bonchev–Trinajstić information content (AvgIpc) is 2.73. The van der Waals surface area contributed by atoms with E-state index in [1.54, 1.807) is 0 Å². The molecule has 0 aliphatic rings. The lowest BCUT2D eigenvalue weighted by molar-refractivity contribution is -0.140. The number of carbonyl (C=O) groups excluding carboxylic acids is 1. The first-order valence-electron chi connectivity index (χ1n) is 10.5. The average molecular weight is 632 g/mol.